The van der Waals surface area contributed by atoms with E-state index in [4.69, 9.17) is 0 Å². The molecule has 0 N–H and O–H groups in total. The maximum atomic E-state index is 3.52. The molecule has 2 rings (SSSR count). The fraction of sp³-hybridized carbons (Fsp3) is 0.571. The summed E-state index contributed by atoms with van der Waals surface area (Å²) in [5.74, 6) is 0.838. The van der Waals surface area contributed by atoms with Crippen LogP contribution in [0.25, 0.3) is 0 Å². The third kappa shape index (κ3) is 2.60. The number of hydrogen-bond acceptors (Lipinski definition) is 1. The Morgan fingerprint density at radius 3 is 2.88 bits per heavy atom. The van der Waals surface area contributed by atoms with Gasteiger partial charge in [-0.2, -0.15) is 0 Å². The highest BCUT2D eigenvalue weighted by Crippen LogP contribution is 2.25. The molecule has 1 unspecified atom stereocenters. The quantitative estimate of drug-likeness (QED) is 0.737. The molecule has 0 saturated carbocycles. The van der Waals surface area contributed by atoms with Crippen LogP contribution in [0.2, 0.25) is 0 Å². The van der Waals surface area contributed by atoms with Gasteiger partial charge in [0.1, 0.15) is 0 Å². The lowest BCUT2D eigenvalue weighted by atomic mass is 9.99. The predicted molar refractivity (Wildman–Crippen MR) is 74.4 cm³/mol. The van der Waals surface area contributed by atoms with E-state index in [0.29, 0.717) is 0 Å². The Bertz CT molecular complexity index is 362. The van der Waals surface area contributed by atoms with Crippen LogP contribution in [-0.2, 0) is 5.33 Å². The minimum Gasteiger partial charge on any atom is -0.371 e. The molecule has 1 atom stereocenters. The van der Waals surface area contributed by atoms with Crippen molar-refractivity contribution in [2.75, 3.05) is 18.0 Å². The number of benzene rings is 1. The third-order valence-electron chi connectivity index (χ3n) is 3.49. The number of aryl methyl sites for hydroxylation is 1. The molecule has 1 saturated heterocycles. The van der Waals surface area contributed by atoms with E-state index < -0.39 is 0 Å². The zero-order valence-electron chi connectivity index (χ0n) is 10.2. The molecule has 0 amide bonds. The second-order valence-corrected chi connectivity index (χ2v) is 5.50. The van der Waals surface area contributed by atoms with Crippen LogP contribution in [0.1, 0.15) is 30.9 Å². The summed E-state index contributed by atoms with van der Waals surface area (Å²) >= 11 is 3.52. The molecule has 1 aliphatic rings. The molecule has 1 heterocycles. The third-order valence-corrected chi connectivity index (χ3v) is 4.10. The summed E-state index contributed by atoms with van der Waals surface area (Å²) in [5.41, 5.74) is 4.19. The minimum absolute atomic E-state index is 0.838. The van der Waals surface area contributed by atoms with Gasteiger partial charge < -0.3 is 4.90 Å². The number of nitrogens with zero attached hydrogens (tertiary/aromatic N) is 1. The number of piperidine rings is 1. The van der Waals surface area contributed by atoms with Gasteiger partial charge in [0.05, 0.1) is 0 Å². The van der Waals surface area contributed by atoms with Crippen LogP contribution >= 0.6 is 15.9 Å². The van der Waals surface area contributed by atoms with Crippen molar-refractivity contribution in [1.29, 1.82) is 0 Å². The second kappa shape index (κ2) is 5.22. The van der Waals surface area contributed by atoms with Crippen molar-refractivity contribution in [2.45, 2.75) is 32.0 Å². The molecule has 0 spiro atoms. The van der Waals surface area contributed by atoms with Gasteiger partial charge in [-0.3, -0.25) is 0 Å². The molecule has 0 aromatic heterocycles. The van der Waals surface area contributed by atoms with Gasteiger partial charge in [-0.05, 0) is 48.9 Å². The molecule has 0 radical (unpaired) electrons. The Morgan fingerprint density at radius 1 is 1.44 bits per heavy atom. The summed E-state index contributed by atoms with van der Waals surface area (Å²) in [6.07, 6.45) is 2.72. The van der Waals surface area contributed by atoms with Crippen molar-refractivity contribution < 1.29 is 0 Å². The Balaban J connectivity index is 2.17. The number of alkyl halides is 1. The Morgan fingerprint density at radius 2 is 2.25 bits per heavy atom. The Kier molecular flexibility index (Phi) is 3.91. The molecule has 1 aromatic carbocycles. The molecule has 1 fully saturated rings. The molecule has 1 nitrogen and oxygen atoms in total. The van der Waals surface area contributed by atoms with Crippen molar-refractivity contribution in [3.05, 3.63) is 29.3 Å². The highest BCUT2D eigenvalue weighted by Gasteiger charge is 2.16. The molecule has 16 heavy (non-hydrogen) atoms. The standard InChI is InChI=1S/C14H20BrN/c1-11-4-3-7-16(10-11)14-6-5-13(9-15)12(2)8-14/h5-6,8,11H,3-4,7,9-10H2,1-2H3. The van der Waals surface area contributed by atoms with Crippen LogP contribution in [-0.4, -0.2) is 13.1 Å². The van der Waals surface area contributed by atoms with Crippen molar-refractivity contribution in [2.24, 2.45) is 5.92 Å². The first-order valence-corrected chi connectivity index (χ1v) is 7.23. The molecular weight excluding hydrogens is 262 g/mol. The van der Waals surface area contributed by atoms with Crippen LogP contribution in [0, 0.1) is 12.8 Å². The van der Waals surface area contributed by atoms with Gasteiger partial charge in [0.2, 0.25) is 0 Å². The van der Waals surface area contributed by atoms with Crippen molar-refractivity contribution in [3.8, 4) is 0 Å². The normalized spacial score (nSPS) is 21.2. The van der Waals surface area contributed by atoms with Crippen LogP contribution in [0.3, 0.4) is 0 Å². The Hall–Kier alpha value is -0.500. The first kappa shape index (κ1) is 12.0. The smallest absolute Gasteiger partial charge is 0.0369 e. The first-order chi connectivity index (χ1) is 7.70. The summed E-state index contributed by atoms with van der Waals surface area (Å²) < 4.78 is 0. The SMILES string of the molecule is Cc1cc(N2CCCC(C)C2)ccc1CBr. The highest BCUT2D eigenvalue weighted by molar-refractivity contribution is 9.08. The predicted octanol–water partition coefficient (Wildman–Crippen LogP) is 4.13. The molecule has 0 aliphatic carbocycles. The van der Waals surface area contributed by atoms with Gasteiger partial charge in [-0.25, -0.2) is 0 Å². The van der Waals surface area contributed by atoms with Crippen molar-refractivity contribution in [3.63, 3.8) is 0 Å². The average molecular weight is 282 g/mol. The lowest BCUT2D eigenvalue weighted by molar-refractivity contribution is 0.447. The fourth-order valence-electron chi connectivity index (χ4n) is 2.45. The summed E-state index contributed by atoms with van der Waals surface area (Å²) in [5, 5.41) is 0.954. The zero-order chi connectivity index (χ0) is 11.5. The largest absolute Gasteiger partial charge is 0.371 e. The number of hydrogen-bond donors (Lipinski definition) is 0. The maximum Gasteiger partial charge on any atom is 0.0369 e. The topological polar surface area (TPSA) is 3.24 Å². The summed E-state index contributed by atoms with van der Waals surface area (Å²) in [6.45, 7) is 6.99. The Labute approximate surface area is 107 Å². The van der Waals surface area contributed by atoms with E-state index in [-0.39, 0.29) is 0 Å². The van der Waals surface area contributed by atoms with E-state index in [1.54, 1.807) is 0 Å². The molecule has 88 valence electrons. The number of anilines is 1. The second-order valence-electron chi connectivity index (χ2n) is 4.94. The molecular formula is C14H20BrN. The average Bonchev–Trinajstić information content (AvgIpc) is 2.29. The van der Waals surface area contributed by atoms with E-state index in [1.807, 2.05) is 0 Å². The van der Waals surface area contributed by atoms with Gasteiger partial charge in [0.25, 0.3) is 0 Å². The van der Waals surface area contributed by atoms with E-state index in [9.17, 15) is 0 Å². The summed E-state index contributed by atoms with van der Waals surface area (Å²) in [7, 11) is 0. The zero-order valence-corrected chi connectivity index (χ0v) is 11.8. The molecule has 1 aromatic rings. The molecule has 2 heteroatoms. The maximum absolute atomic E-state index is 3.52. The number of rotatable bonds is 2. The van der Waals surface area contributed by atoms with E-state index >= 15 is 0 Å². The number of halogens is 1. The molecule has 1 aliphatic heterocycles. The summed E-state index contributed by atoms with van der Waals surface area (Å²) in [6, 6.07) is 6.84. The van der Waals surface area contributed by atoms with Crippen molar-refractivity contribution in [1.82, 2.24) is 0 Å². The molecule has 0 bridgehead atoms. The van der Waals surface area contributed by atoms with Crippen LogP contribution in [0.4, 0.5) is 5.69 Å². The highest BCUT2D eigenvalue weighted by atomic mass is 79.9. The van der Waals surface area contributed by atoms with Gasteiger partial charge >= 0.3 is 0 Å². The lowest BCUT2D eigenvalue weighted by Crippen LogP contribution is -2.34. The van der Waals surface area contributed by atoms with Gasteiger partial charge in [-0.15, -0.1) is 0 Å². The van der Waals surface area contributed by atoms with E-state index in [0.717, 1.165) is 11.2 Å². The summed E-state index contributed by atoms with van der Waals surface area (Å²) in [4.78, 5) is 2.53. The van der Waals surface area contributed by atoms with Gasteiger partial charge in [0, 0.05) is 24.1 Å². The lowest BCUT2D eigenvalue weighted by Gasteiger charge is -2.33. The van der Waals surface area contributed by atoms with Crippen LogP contribution in [0.15, 0.2) is 18.2 Å². The minimum atomic E-state index is 0.838. The first-order valence-electron chi connectivity index (χ1n) is 6.11. The van der Waals surface area contributed by atoms with Gasteiger partial charge in [0.15, 0.2) is 0 Å². The fourth-order valence-corrected chi connectivity index (χ4v) is 3.08. The van der Waals surface area contributed by atoms with Crippen molar-refractivity contribution >= 4 is 21.6 Å². The monoisotopic (exact) mass is 281 g/mol. The van der Waals surface area contributed by atoms with E-state index in [2.05, 4.69) is 52.9 Å². The van der Waals surface area contributed by atoms with Crippen LogP contribution < -0.4 is 4.90 Å². The van der Waals surface area contributed by atoms with Crippen LogP contribution in [0.5, 0.6) is 0 Å². The van der Waals surface area contributed by atoms with E-state index in [1.165, 1.54) is 42.7 Å². The van der Waals surface area contributed by atoms with Gasteiger partial charge in [-0.1, -0.05) is 28.9 Å².